The lowest BCUT2D eigenvalue weighted by Crippen LogP contribution is -2.54. The van der Waals surface area contributed by atoms with E-state index in [-0.39, 0.29) is 36.9 Å². The first kappa shape index (κ1) is 20.2. The Labute approximate surface area is 156 Å². The predicted octanol–water partition coefficient (Wildman–Crippen LogP) is -0.416. The van der Waals surface area contributed by atoms with Crippen LogP contribution in [0.15, 0.2) is 15.9 Å². The molecule has 9 nitrogen and oxygen atoms in total. The van der Waals surface area contributed by atoms with Crippen LogP contribution in [-0.4, -0.2) is 48.1 Å². The van der Waals surface area contributed by atoms with Gasteiger partial charge in [-0.2, -0.15) is 0 Å². The van der Waals surface area contributed by atoms with Crippen LogP contribution in [0.1, 0.15) is 26.2 Å². The molecule has 3 rings (SSSR count). The van der Waals surface area contributed by atoms with Gasteiger partial charge in [0.2, 0.25) is 5.91 Å². The van der Waals surface area contributed by atoms with Crippen molar-refractivity contribution in [2.24, 2.45) is 19.8 Å². The third-order valence-corrected chi connectivity index (χ3v) is 4.97. The molecule has 3 heterocycles. The number of carbonyl (C=O) groups excluding carboxylic acids is 1. The highest BCUT2D eigenvalue weighted by Gasteiger charge is 2.30. The molecule has 2 unspecified atom stereocenters. The van der Waals surface area contributed by atoms with Crippen molar-refractivity contribution in [3.8, 4) is 0 Å². The molecule has 10 heteroatoms. The summed E-state index contributed by atoms with van der Waals surface area (Å²) in [6.45, 7) is 2.20. The second-order valence-corrected chi connectivity index (χ2v) is 6.77. The van der Waals surface area contributed by atoms with Gasteiger partial charge in [-0.15, -0.1) is 12.4 Å². The van der Waals surface area contributed by atoms with E-state index in [2.05, 4.69) is 4.98 Å². The molecule has 0 aliphatic carbocycles. The van der Waals surface area contributed by atoms with Gasteiger partial charge in [0, 0.05) is 32.7 Å². The third kappa shape index (κ3) is 3.28. The molecule has 1 aliphatic heterocycles. The van der Waals surface area contributed by atoms with Gasteiger partial charge in [-0.25, -0.2) is 14.3 Å². The van der Waals surface area contributed by atoms with Gasteiger partial charge in [-0.1, -0.05) is 0 Å². The van der Waals surface area contributed by atoms with Crippen LogP contribution < -0.4 is 17.0 Å². The normalized spacial score (nSPS) is 18.6. The summed E-state index contributed by atoms with van der Waals surface area (Å²) in [4.78, 5) is 43.8. The summed E-state index contributed by atoms with van der Waals surface area (Å²) < 4.78 is 3.84. The standard InChI is InChI=1S/C16H24N6O3.ClH/c1-10(17)11-6-4-5-7-21(11)12(23)8-22-15(24)13-14(18-9-19(13)2)20(3)16(22)25;/h9-11H,4-8,17H2,1-3H3;1H. The number of amides is 1. The lowest BCUT2D eigenvalue weighted by atomic mass is 9.97. The Kier molecular flexibility index (Phi) is 5.92. The Morgan fingerprint density at radius 2 is 2.04 bits per heavy atom. The molecule has 2 N–H and O–H groups in total. The van der Waals surface area contributed by atoms with Gasteiger partial charge < -0.3 is 15.2 Å². The van der Waals surface area contributed by atoms with E-state index in [0.717, 1.165) is 23.8 Å². The van der Waals surface area contributed by atoms with E-state index in [4.69, 9.17) is 5.73 Å². The summed E-state index contributed by atoms with van der Waals surface area (Å²) in [5.41, 5.74) is 5.59. The zero-order chi connectivity index (χ0) is 18.3. The van der Waals surface area contributed by atoms with E-state index in [9.17, 15) is 14.4 Å². The second-order valence-electron chi connectivity index (χ2n) is 6.77. The first-order valence-electron chi connectivity index (χ1n) is 8.48. The average Bonchev–Trinajstić information content (AvgIpc) is 2.98. The minimum absolute atomic E-state index is 0. The Balaban J connectivity index is 0.00000243. The summed E-state index contributed by atoms with van der Waals surface area (Å²) >= 11 is 0. The van der Waals surface area contributed by atoms with Crippen molar-refractivity contribution in [3.05, 3.63) is 27.2 Å². The molecular weight excluding hydrogens is 360 g/mol. The van der Waals surface area contributed by atoms with Gasteiger partial charge in [-0.3, -0.25) is 14.2 Å². The maximum absolute atomic E-state index is 12.8. The predicted molar refractivity (Wildman–Crippen MR) is 100 cm³/mol. The zero-order valence-electron chi connectivity index (χ0n) is 15.2. The van der Waals surface area contributed by atoms with Crippen LogP contribution in [0.2, 0.25) is 0 Å². The number of fused-ring (bicyclic) bond motifs is 1. The van der Waals surface area contributed by atoms with E-state index in [1.807, 2.05) is 6.92 Å². The molecule has 144 valence electrons. The number of hydrogen-bond donors (Lipinski definition) is 1. The highest BCUT2D eigenvalue weighted by Crippen LogP contribution is 2.19. The minimum Gasteiger partial charge on any atom is -0.337 e. The summed E-state index contributed by atoms with van der Waals surface area (Å²) in [7, 11) is 3.23. The van der Waals surface area contributed by atoms with Crippen molar-refractivity contribution in [2.75, 3.05) is 6.54 Å². The maximum atomic E-state index is 12.8. The number of likely N-dealkylation sites (tertiary alicyclic amines) is 1. The highest BCUT2D eigenvalue weighted by molar-refractivity contribution is 5.85. The molecule has 2 aromatic rings. The molecule has 0 spiro atoms. The van der Waals surface area contributed by atoms with Crippen molar-refractivity contribution >= 4 is 29.5 Å². The minimum atomic E-state index is -0.543. The highest BCUT2D eigenvalue weighted by atomic mass is 35.5. The first-order valence-corrected chi connectivity index (χ1v) is 8.48. The molecule has 2 aromatic heterocycles. The lowest BCUT2D eigenvalue weighted by molar-refractivity contribution is -0.136. The Bertz CT molecular complexity index is 928. The smallest absolute Gasteiger partial charge is 0.332 e. The molecule has 1 amide bonds. The fraction of sp³-hybridized carbons (Fsp3) is 0.625. The van der Waals surface area contributed by atoms with Crippen molar-refractivity contribution in [1.29, 1.82) is 0 Å². The second kappa shape index (κ2) is 7.63. The lowest BCUT2D eigenvalue weighted by Gasteiger charge is -2.38. The van der Waals surface area contributed by atoms with Crippen molar-refractivity contribution in [1.82, 2.24) is 23.6 Å². The van der Waals surface area contributed by atoms with Gasteiger partial charge in [0.05, 0.1) is 6.33 Å². The SMILES string of the molecule is CC(N)C1CCCCN1C(=O)Cn1c(=O)c2c(ncn2C)n(C)c1=O.Cl. The van der Waals surface area contributed by atoms with E-state index >= 15 is 0 Å². The van der Waals surface area contributed by atoms with Crippen molar-refractivity contribution < 1.29 is 4.79 Å². The number of carbonyl (C=O) groups is 1. The molecule has 1 fully saturated rings. The molecule has 26 heavy (non-hydrogen) atoms. The number of rotatable bonds is 3. The number of imidazole rings is 1. The average molecular weight is 385 g/mol. The Morgan fingerprint density at radius 3 is 2.69 bits per heavy atom. The number of aromatic nitrogens is 4. The molecule has 0 aromatic carbocycles. The van der Waals surface area contributed by atoms with Gasteiger partial charge in [0.15, 0.2) is 11.2 Å². The molecule has 0 radical (unpaired) electrons. The topological polar surface area (TPSA) is 108 Å². The molecular formula is C16H25ClN6O3. The summed E-state index contributed by atoms with van der Waals surface area (Å²) in [6.07, 6.45) is 4.26. The quantitative estimate of drug-likeness (QED) is 0.773. The number of hydrogen-bond acceptors (Lipinski definition) is 5. The van der Waals surface area contributed by atoms with Gasteiger partial charge >= 0.3 is 5.69 Å². The van der Waals surface area contributed by atoms with Crippen molar-refractivity contribution in [3.63, 3.8) is 0 Å². The van der Waals surface area contributed by atoms with Crippen LogP contribution in [0.4, 0.5) is 0 Å². The third-order valence-electron chi connectivity index (χ3n) is 4.97. The van der Waals surface area contributed by atoms with Crippen LogP contribution in [0.5, 0.6) is 0 Å². The zero-order valence-corrected chi connectivity index (χ0v) is 16.0. The maximum Gasteiger partial charge on any atom is 0.332 e. The van der Waals surface area contributed by atoms with E-state index in [1.165, 1.54) is 10.9 Å². The van der Waals surface area contributed by atoms with Crippen LogP contribution in [0.25, 0.3) is 11.2 Å². The molecule has 1 saturated heterocycles. The number of nitrogens with two attached hydrogens (primary N) is 1. The van der Waals surface area contributed by atoms with Gasteiger partial charge in [0.1, 0.15) is 6.54 Å². The summed E-state index contributed by atoms with van der Waals surface area (Å²) in [5, 5.41) is 0. The molecule has 1 aliphatic rings. The van der Waals surface area contributed by atoms with E-state index in [1.54, 1.807) is 23.6 Å². The van der Waals surface area contributed by atoms with Crippen LogP contribution in [0.3, 0.4) is 0 Å². The van der Waals surface area contributed by atoms with Crippen LogP contribution in [-0.2, 0) is 25.4 Å². The monoisotopic (exact) mass is 384 g/mol. The number of aryl methyl sites for hydroxylation is 2. The molecule has 0 bridgehead atoms. The van der Waals surface area contributed by atoms with Crippen LogP contribution >= 0.6 is 12.4 Å². The Hall–Kier alpha value is -2.13. The largest absolute Gasteiger partial charge is 0.337 e. The number of piperidine rings is 1. The van der Waals surface area contributed by atoms with Gasteiger partial charge in [-0.05, 0) is 26.2 Å². The number of halogens is 1. The van der Waals surface area contributed by atoms with E-state index < -0.39 is 11.2 Å². The van der Waals surface area contributed by atoms with Crippen molar-refractivity contribution in [2.45, 2.75) is 44.8 Å². The fourth-order valence-electron chi connectivity index (χ4n) is 3.58. The molecule has 2 atom stereocenters. The summed E-state index contributed by atoms with van der Waals surface area (Å²) in [6, 6.07) is -0.204. The van der Waals surface area contributed by atoms with E-state index in [0.29, 0.717) is 17.7 Å². The molecule has 0 saturated carbocycles. The first-order chi connectivity index (χ1) is 11.8. The van der Waals surface area contributed by atoms with Crippen LogP contribution in [0, 0.1) is 0 Å². The number of nitrogens with zero attached hydrogens (tertiary/aromatic N) is 5. The summed E-state index contributed by atoms with van der Waals surface area (Å²) in [5.74, 6) is -0.247. The van der Waals surface area contributed by atoms with Gasteiger partial charge in [0.25, 0.3) is 5.56 Å². The Morgan fingerprint density at radius 1 is 1.35 bits per heavy atom. The fourth-order valence-corrected chi connectivity index (χ4v) is 3.58.